The zero-order chi connectivity index (χ0) is 15.3. The van der Waals surface area contributed by atoms with Crippen LogP contribution in [-0.4, -0.2) is 11.7 Å². The van der Waals surface area contributed by atoms with Gasteiger partial charge in [0.1, 0.15) is 5.75 Å². The molecule has 0 atom stereocenters. The van der Waals surface area contributed by atoms with E-state index in [1.54, 1.807) is 11.8 Å². The number of benzene rings is 1. The Labute approximate surface area is 132 Å². The van der Waals surface area contributed by atoms with Gasteiger partial charge < -0.3 is 4.74 Å². The Balaban J connectivity index is 2.28. The van der Waals surface area contributed by atoms with Gasteiger partial charge in [-0.05, 0) is 18.6 Å². The summed E-state index contributed by atoms with van der Waals surface area (Å²) >= 11 is 1.61. The lowest BCUT2D eigenvalue weighted by Crippen LogP contribution is -2.02. The fraction of sp³-hybridized carbons (Fsp3) is 0.500. The number of esters is 1. The molecule has 114 valence electrons. The largest absolute Gasteiger partial charge is 0.426 e. The van der Waals surface area contributed by atoms with Crippen molar-refractivity contribution >= 4 is 17.7 Å². The standard InChI is InChI=1S/C18H24O2S/c1-3-4-5-6-7-8-9-12-15-21-18-14-11-10-13-17(18)20-16(2)19/h10-11,13-14H,3-8,15H2,1-2H3. The van der Waals surface area contributed by atoms with Crippen LogP contribution in [0.1, 0.15) is 52.4 Å². The van der Waals surface area contributed by atoms with Gasteiger partial charge >= 0.3 is 5.97 Å². The first-order valence-electron chi connectivity index (χ1n) is 7.60. The molecular formula is C18H24O2S. The maximum atomic E-state index is 11.0. The number of rotatable bonds is 8. The van der Waals surface area contributed by atoms with Crippen LogP contribution in [0, 0.1) is 11.8 Å². The fourth-order valence-corrected chi connectivity index (χ4v) is 2.64. The fourth-order valence-electron chi connectivity index (χ4n) is 1.88. The highest BCUT2D eigenvalue weighted by Crippen LogP contribution is 2.28. The molecule has 0 aliphatic rings. The van der Waals surface area contributed by atoms with Crippen LogP contribution >= 0.6 is 11.8 Å². The van der Waals surface area contributed by atoms with Crippen LogP contribution in [0.2, 0.25) is 0 Å². The predicted octanol–water partition coefficient (Wildman–Crippen LogP) is 5.07. The third kappa shape index (κ3) is 8.47. The lowest BCUT2D eigenvalue weighted by Gasteiger charge is -2.06. The zero-order valence-corrected chi connectivity index (χ0v) is 13.8. The van der Waals surface area contributed by atoms with Gasteiger partial charge in [-0.15, -0.1) is 17.7 Å². The summed E-state index contributed by atoms with van der Waals surface area (Å²) in [6, 6.07) is 7.57. The molecule has 0 saturated heterocycles. The van der Waals surface area contributed by atoms with E-state index in [4.69, 9.17) is 4.74 Å². The number of thioether (sulfide) groups is 1. The maximum Gasteiger partial charge on any atom is 0.308 e. The van der Waals surface area contributed by atoms with Crippen LogP contribution in [-0.2, 0) is 4.79 Å². The van der Waals surface area contributed by atoms with Crippen LogP contribution in [0.4, 0.5) is 0 Å². The van der Waals surface area contributed by atoms with E-state index in [1.165, 1.54) is 39.0 Å². The molecule has 0 aromatic heterocycles. The summed E-state index contributed by atoms with van der Waals surface area (Å²) in [5.74, 6) is 7.45. The minimum atomic E-state index is -0.291. The quantitative estimate of drug-likeness (QED) is 0.220. The second kappa shape index (κ2) is 11.3. The molecule has 0 N–H and O–H groups in total. The van der Waals surface area contributed by atoms with Gasteiger partial charge in [0.15, 0.2) is 0 Å². The zero-order valence-electron chi connectivity index (χ0n) is 13.0. The molecule has 0 aliphatic heterocycles. The van der Waals surface area contributed by atoms with Crippen molar-refractivity contribution in [2.45, 2.75) is 57.3 Å². The molecule has 3 heteroatoms. The smallest absolute Gasteiger partial charge is 0.308 e. The molecule has 2 nitrogen and oxygen atoms in total. The van der Waals surface area contributed by atoms with E-state index in [1.807, 2.05) is 24.3 Å². The topological polar surface area (TPSA) is 26.3 Å². The Hall–Kier alpha value is -1.40. The van der Waals surface area contributed by atoms with E-state index < -0.39 is 0 Å². The normalized spacial score (nSPS) is 9.81. The summed E-state index contributed by atoms with van der Waals surface area (Å²) in [6.45, 7) is 3.64. The number of hydrogen-bond acceptors (Lipinski definition) is 3. The third-order valence-electron chi connectivity index (χ3n) is 2.93. The van der Waals surface area contributed by atoms with Crippen molar-refractivity contribution in [1.29, 1.82) is 0 Å². The van der Waals surface area contributed by atoms with Crippen LogP contribution in [0.15, 0.2) is 29.2 Å². The van der Waals surface area contributed by atoms with Gasteiger partial charge in [0, 0.05) is 13.3 Å². The maximum absolute atomic E-state index is 11.0. The van der Waals surface area contributed by atoms with E-state index in [9.17, 15) is 4.79 Å². The van der Waals surface area contributed by atoms with Gasteiger partial charge in [-0.25, -0.2) is 0 Å². The number of ether oxygens (including phenoxy) is 1. The van der Waals surface area contributed by atoms with Crippen LogP contribution in [0.25, 0.3) is 0 Å². The molecule has 21 heavy (non-hydrogen) atoms. The number of carbonyl (C=O) groups excluding carboxylic acids is 1. The van der Waals surface area contributed by atoms with Gasteiger partial charge in [-0.1, -0.05) is 50.7 Å². The average molecular weight is 304 g/mol. The molecule has 0 bridgehead atoms. The highest BCUT2D eigenvalue weighted by atomic mass is 32.2. The number of para-hydroxylation sites is 1. The van der Waals surface area contributed by atoms with E-state index in [0.29, 0.717) is 5.75 Å². The van der Waals surface area contributed by atoms with Crippen molar-refractivity contribution in [2.24, 2.45) is 0 Å². The van der Waals surface area contributed by atoms with Gasteiger partial charge in [0.25, 0.3) is 0 Å². The average Bonchev–Trinajstić information content (AvgIpc) is 2.46. The Morgan fingerprint density at radius 1 is 1.14 bits per heavy atom. The molecule has 1 aromatic rings. The van der Waals surface area contributed by atoms with Crippen LogP contribution < -0.4 is 4.74 Å². The summed E-state index contributed by atoms with van der Waals surface area (Å²) < 4.78 is 5.17. The molecule has 0 aliphatic carbocycles. The molecule has 0 fully saturated rings. The van der Waals surface area contributed by atoms with Crippen molar-refractivity contribution < 1.29 is 9.53 Å². The van der Waals surface area contributed by atoms with Gasteiger partial charge in [-0.3, -0.25) is 4.79 Å². The third-order valence-corrected chi connectivity index (χ3v) is 3.87. The first kappa shape index (κ1) is 17.7. The minimum Gasteiger partial charge on any atom is -0.426 e. The van der Waals surface area contributed by atoms with E-state index in [2.05, 4.69) is 18.8 Å². The molecule has 1 rings (SSSR count). The van der Waals surface area contributed by atoms with Crippen molar-refractivity contribution in [1.82, 2.24) is 0 Å². The lowest BCUT2D eigenvalue weighted by atomic mass is 10.1. The number of unbranched alkanes of at least 4 members (excludes halogenated alkanes) is 5. The van der Waals surface area contributed by atoms with E-state index in [0.717, 1.165) is 17.1 Å². The molecule has 0 amide bonds. The molecule has 1 aromatic carbocycles. The Morgan fingerprint density at radius 3 is 2.67 bits per heavy atom. The number of hydrogen-bond donors (Lipinski definition) is 0. The number of carbonyl (C=O) groups is 1. The second-order valence-corrected chi connectivity index (χ2v) is 5.86. The summed E-state index contributed by atoms with van der Waals surface area (Å²) in [6.07, 6.45) is 7.39. The van der Waals surface area contributed by atoms with Crippen LogP contribution in [0.3, 0.4) is 0 Å². The second-order valence-electron chi connectivity index (χ2n) is 4.85. The monoisotopic (exact) mass is 304 g/mol. The summed E-state index contributed by atoms with van der Waals surface area (Å²) in [5, 5.41) is 0. The molecule has 0 saturated carbocycles. The SMILES string of the molecule is CCCCCCCC#CCSc1ccccc1OC(C)=O. The first-order valence-corrected chi connectivity index (χ1v) is 8.58. The summed E-state index contributed by atoms with van der Waals surface area (Å²) in [4.78, 5) is 12.0. The lowest BCUT2D eigenvalue weighted by molar-refractivity contribution is -0.132. The molecule has 0 heterocycles. The van der Waals surface area contributed by atoms with E-state index in [-0.39, 0.29) is 5.97 Å². The van der Waals surface area contributed by atoms with Crippen molar-refractivity contribution in [3.63, 3.8) is 0 Å². The van der Waals surface area contributed by atoms with Crippen molar-refractivity contribution in [3.05, 3.63) is 24.3 Å². The van der Waals surface area contributed by atoms with Gasteiger partial charge in [0.2, 0.25) is 0 Å². The highest BCUT2D eigenvalue weighted by Gasteiger charge is 2.04. The molecule has 0 spiro atoms. The van der Waals surface area contributed by atoms with Gasteiger partial charge in [-0.2, -0.15) is 0 Å². The van der Waals surface area contributed by atoms with Crippen LogP contribution in [0.5, 0.6) is 5.75 Å². The first-order chi connectivity index (χ1) is 10.2. The minimum absolute atomic E-state index is 0.291. The molecule has 0 unspecified atom stereocenters. The molecular weight excluding hydrogens is 280 g/mol. The predicted molar refractivity (Wildman–Crippen MR) is 89.6 cm³/mol. The van der Waals surface area contributed by atoms with E-state index >= 15 is 0 Å². The Kier molecular flexibility index (Phi) is 9.48. The summed E-state index contributed by atoms with van der Waals surface area (Å²) in [5.41, 5.74) is 0. The summed E-state index contributed by atoms with van der Waals surface area (Å²) in [7, 11) is 0. The van der Waals surface area contributed by atoms with Crippen molar-refractivity contribution in [2.75, 3.05) is 5.75 Å². The Morgan fingerprint density at radius 2 is 1.90 bits per heavy atom. The molecule has 0 radical (unpaired) electrons. The highest BCUT2D eigenvalue weighted by molar-refractivity contribution is 7.99. The van der Waals surface area contributed by atoms with Crippen molar-refractivity contribution in [3.8, 4) is 17.6 Å². The Bertz CT molecular complexity index is 485. The van der Waals surface area contributed by atoms with Gasteiger partial charge in [0.05, 0.1) is 10.6 Å².